The first-order valence-electron chi connectivity index (χ1n) is 8.18. The Hall–Kier alpha value is -1.44. The molecule has 0 aromatic rings. The van der Waals surface area contributed by atoms with Crippen LogP contribution in [0, 0.1) is 5.92 Å². The van der Waals surface area contributed by atoms with E-state index in [0.717, 1.165) is 12.8 Å². The van der Waals surface area contributed by atoms with Crippen molar-refractivity contribution in [1.82, 2.24) is 10.6 Å². The van der Waals surface area contributed by atoms with E-state index in [1.807, 2.05) is 13.8 Å². The molecule has 23 heavy (non-hydrogen) atoms. The van der Waals surface area contributed by atoms with Gasteiger partial charge in [0.05, 0.1) is 0 Å². The minimum Gasteiger partial charge on any atom is -0.387 e. The summed E-state index contributed by atoms with van der Waals surface area (Å²) in [5.74, 6) is -0.352. The van der Waals surface area contributed by atoms with E-state index >= 15 is 0 Å². The van der Waals surface area contributed by atoms with Crippen molar-refractivity contribution < 1.29 is 24.5 Å². The smallest absolute Gasteiger partial charge is 0.252 e. The maximum absolute atomic E-state index is 12.1. The zero-order chi connectivity index (χ0) is 17.0. The van der Waals surface area contributed by atoms with Gasteiger partial charge in [0, 0.05) is 6.54 Å². The van der Waals surface area contributed by atoms with Crippen molar-refractivity contribution in [3.05, 3.63) is 12.2 Å². The van der Waals surface area contributed by atoms with Crippen molar-refractivity contribution in [2.24, 2.45) is 5.92 Å². The largest absolute Gasteiger partial charge is 0.387 e. The molecule has 2 aliphatic rings. The summed E-state index contributed by atoms with van der Waals surface area (Å²) in [5, 5.41) is 25.3. The Morgan fingerprint density at radius 3 is 2.78 bits per heavy atom. The molecule has 2 amide bonds. The molecule has 0 aliphatic carbocycles. The van der Waals surface area contributed by atoms with E-state index in [9.17, 15) is 19.8 Å². The van der Waals surface area contributed by atoms with E-state index in [1.165, 1.54) is 6.08 Å². The number of aliphatic hydroxyl groups is 2. The summed E-state index contributed by atoms with van der Waals surface area (Å²) >= 11 is 0. The molecule has 0 aromatic carbocycles. The van der Waals surface area contributed by atoms with Gasteiger partial charge in [0.1, 0.15) is 24.4 Å². The van der Waals surface area contributed by atoms with E-state index in [0.29, 0.717) is 13.0 Å². The van der Waals surface area contributed by atoms with Crippen molar-refractivity contribution in [1.29, 1.82) is 0 Å². The van der Waals surface area contributed by atoms with Crippen molar-refractivity contribution in [3.8, 4) is 0 Å². The quantitative estimate of drug-likeness (QED) is 0.387. The number of rotatable bonds is 6. The van der Waals surface area contributed by atoms with Gasteiger partial charge in [-0.25, -0.2) is 0 Å². The predicted molar refractivity (Wildman–Crippen MR) is 83.4 cm³/mol. The normalized spacial score (nSPS) is 30.7. The van der Waals surface area contributed by atoms with Gasteiger partial charge in [-0.2, -0.15) is 0 Å². The van der Waals surface area contributed by atoms with Gasteiger partial charge in [0.2, 0.25) is 5.91 Å². The maximum atomic E-state index is 12.1. The second kappa shape index (κ2) is 7.90. The standard InChI is InChI=1S/C16H26N2O5/c1-9(2)6-7-11(19)12(20)13-14(23-13)16(22)18-10-5-3-4-8-17-15(10)21/h6-7,9-14,19-20H,3-5,8H2,1-2H3,(H,17,21)(H,18,22)/b7-6+. The van der Waals surface area contributed by atoms with Crippen molar-refractivity contribution in [3.63, 3.8) is 0 Å². The minimum atomic E-state index is -1.16. The zero-order valence-corrected chi connectivity index (χ0v) is 13.6. The van der Waals surface area contributed by atoms with E-state index in [1.54, 1.807) is 6.08 Å². The first kappa shape index (κ1) is 17.9. The molecule has 2 rings (SSSR count). The fourth-order valence-electron chi connectivity index (χ4n) is 2.57. The molecule has 2 aliphatic heterocycles. The molecule has 5 atom stereocenters. The monoisotopic (exact) mass is 326 g/mol. The lowest BCUT2D eigenvalue weighted by molar-refractivity contribution is -0.129. The third-order valence-electron chi connectivity index (χ3n) is 4.02. The van der Waals surface area contributed by atoms with E-state index in [2.05, 4.69) is 10.6 Å². The molecular formula is C16H26N2O5. The molecule has 0 saturated carbocycles. The molecular weight excluding hydrogens is 300 g/mol. The Labute approximate surface area is 136 Å². The highest BCUT2D eigenvalue weighted by Crippen LogP contribution is 2.28. The Balaban J connectivity index is 1.82. The lowest BCUT2D eigenvalue weighted by atomic mass is 10.1. The maximum Gasteiger partial charge on any atom is 0.252 e. The van der Waals surface area contributed by atoms with Gasteiger partial charge in [-0.15, -0.1) is 0 Å². The summed E-state index contributed by atoms with van der Waals surface area (Å²) in [7, 11) is 0. The van der Waals surface area contributed by atoms with Crippen molar-refractivity contribution in [2.75, 3.05) is 6.54 Å². The summed E-state index contributed by atoms with van der Waals surface area (Å²) in [4.78, 5) is 23.9. The topological polar surface area (TPSA) is 111 Å². The molecule has 7 heteroatoms. The number of aliphatic hydroxyl groups excluding tert-OH is 2. The van der Waals surface area contributed by atoms with Crippen LogP contribution in [0.25, 0.3) is 0 Å². The van der Waals surface area contributed by atoms with Crippen LogP contribution in [-0.2, 0) is 14.3 Å². The van der Waals surface area contributed by atoms with Crippen LogP contribution in [0.15, 0.2) is 12.2 Å². The van der Waals surface area contributed by atoms with E-state index in [-0.39, 0.29) is 11.8 Å². The van der Waals surface area contributed by atoms with Crippen LogP contribution in [0.2, 0.25) is 0 Å². The first-order valence-corrected chi connectivity index (χ1v) is 8.18. The number of nitrogens with one attached hydrogen (secondary N) is 2. The molecule has 0 bridgehead atoms. The van der Waals surface area contributed by atoms with Gasteiger partial charge >= 0.3 is 0 Å². The van der Waals surface area contributed by atoms with Gasteiger partial charge in [0.15, 0.2) is 6.10 Å². The Kier molecular flexibility index (Phi) is 6.15. The predicted octanol–water partition coefficient (Wildman–Crippen LogP) is -0.527. The second-order valence-corrected chi connectivity index (χ2v) is 6.48. The van der Waals surface area contributed by atoms with Crippen molar-refractivity contribution >= 4 is 11.8 Å². The highest BCUT2D eigenvalue weighted by molar-refractivity contribution is 5.90. The van der Waals surface area contributed by atoms with Crippen LogP contribution in [0.5, 0.6) is 0 Å². The molecule has 0 aromatic heterocycles. The summed E-state index contributed by atoms with van der Waals surface area (Å²) in [6, 6.07) is -0.558. The SMILES string of the molecule is CC(C)/C=C/C(O)C(O)C1OC1C(=O)NC1CCCCNC1=O. The third-order valence-corrected chi connectivity index (χ3v) is 4.02. The number of amides is 2. The highest BCUT2D eigenvalue weighted by atomic mass is 16.6. The molecule has 130 valence electrons. The molecule has 0 radical (unpaired) electrons. The number of allylic oxidation sites excluding steroid dienone is 1. The average molecular weight is 326 g/mol. The number of hydrogen-bond donors (Lipinski definition) is 4. The van der Waals surface area contributed by atoms with E-state index < -0.39 is 36.4 Å². The Morgan fingerprint density at radius 1 is 1.35 bits per heavy atom. The molecule has 2 fully saturated rings. The van der Waals surface area contributed by atoms with Crippen LogP contribution in [0.4, 0.5) is 0 Å². The average Bonchev–Trinajstić information content (AvgIpc) is 3.31. The first-order chi connectivity index (χ1) is 10.9. The van der Waals surface area contributed by atoms with E-state index in [4.69, 9.17) is 4.74 Å². The van der Waals surface area contributed by atoms with Gasteiger partial charge in [0.25, 0.3) is 5.91 Å². The molecule has 2 saturated heterocycles. The lowest BCUT2D eigenvalue weighted by Crippen LogP contribution is -2.47. The molecule has 2 heterocycles. The van der Waals surface area contributed by atoms with Crippen molar-refractivity contribution in [2.45, 2.75) is 63.6 Å². The van der Waals surface area contributed by atoms with Crippen LogP contribution in [0.1, 0.15) is 33.1 Å². The summed E-state index contributed by atoms with van der Waals surface area (Å²) in [6.45, 7) is 4.54. The molecule has 5 unspecified atom stereocenters. The molecule has 0 spiro atoms. The molecule has 4 N–H and O–H groups in total. The summed E-state index contributed by atoms with van der Waals surface area (Å²) < 4.78 is 5.19. The van der Waals surface area contributed by atoms with Gasteiger partial charge < -0.3 is 25.6 Å². The van der Waals surface area contributed by atoms with Crippen LogP contribution in [-0.4, -0.2) is 59.0 Å². The second-order valence-electron chi connectivity index (χ2n) is 6.48. The number of hydrogen-bond acceptors (Lipinski definition) is 5. The Bertz CT molecular complexity index is 465. The third kappa shape index (κ3) is 5.02. The zero-order valence-electron chi connectivity index (χ0n) is 13.6. The number of carbonyl (C=O) groups is 2. The van der Waals surface area contributed by atoms with Crippen LogP contribution < -0.4 is 10.6 Å². The number of ether oxygens (including phenoxy) is 1. The fraction of sp³-hybridized carbons (Fsp3) is 0.750. The van der Waals surface area contributed by atoms with Crippen LogP contribution >= 0.6 is 0 Å². The Morgan fingerprint density at radius 2 is 2.09 bits per heavy atom. The van der Waals surface area contributed by atoms with Gasteiger partial charge in [-0.3, -0.25) is 9.59 Å². The number of carbonyl (C=O) groups excluding carboxylic acids is 2. The highest BCUT2D eigenvalue weighted by Gasteiger charge is 2.51. The summed E-state index contributed by atoms with van der Waals surface area (Å²) in [5.41, 5.74) is 0. The van der Waals surface area contributed by atoms with Gasteiger partial charge in [-0.05, 0) is 25.2 Å². The fourth-order valence-corrected chi connectivity index (χ4v) is 2.57. The lowest BCUT2D eigenvalue weighted by Gasteiger charge is -2.15. The summed E-state index contributed by atoms with van der Waals surface area (Å²) in [6.07, 6.45) is 1.83. The number of epoxide rings is 1. The van der Waals surface area contributed by atoms with Gasteiger partial charge in [-0.1, -0.05) is 26.0 Å². The van der Waals surface area contributed by atoms with Crippen LogP contribution in [0.3, 0.4) is 0 Å². The molecule has 7 nitrogen and oxygen atoms in total. The minimum absolute atomic E-state index is 0.187.